The zero-order valence-electron chi connectivity index (χ0n) is 9.64. The van der Waals surface area contributed by atoms with Gasteiger partial charge >= 0.3 is 11.9 Å². The highest BCUT2D eigenvalue weighted by atomic mass is 16.5. The van der Waals surface area contributed by atoms with Crippen LogP contribution in [-0.4, -0.2) is 47.3 Å². The fourth-order valence-corrected chi connectivity index (χ4v) is 1.12. The van der Waals surface area contributed by atoms with Crippen molar-refractivity contribution in [3.63, 3.8) is 0 Å². The molecule has 0 aliphatic carbocycles. The summed E-state index contributed by atoms with van der Waals surface area (Å²) in [5.74, 6) is -3.11. The number of amides is 1. The lowest BCUT2D eigenvalue weighted by molar-refractivity contribution is -0.147. The lowest BCUT2D eigenvalue weighted by atomic mass is 10.2. The smallest absolute Gasteiger partial charge is 0.326 e. The number of carbonyl (C=O) groups excluding carboxylic acids is 1. The Bertz CT molecular complexity index is 278. The molecule has 0 radical (unpaired) electrons. The van der Waals surface area contributed by atoms with Crippen molar-refractivity contribution < 1.29 is 29.3 Å². The van der Waals surface area contributed by atoms with Gasteiger partial charge in [0, 0.05) is 19.6 Å². The van der Waals surface area contributed by atoms with Gasteiger partial charge in [-0.1, -0.05) is 0 Å². The summed E-state index contributed by atoms with van der Waals surface area (Å²) in [6.07, 6.45) is -0.0466. The molecule has 0 heterocycles. The number of hydrogen-bond acceptors (Lipinski definition) is 4. The third-order valence-corrected chi connectivity index (χ3v) is 1.91. The van der Waals surface area contributed by atoms with Crippen LogP contribution in [0, 0.1) is 0 Å². The summed E-state index contributed by atoms with van der Waals surface area (Å²) in [6.45, 7) is 2.80. The molecule has 0 bridgehead atoms. The summed E-state index contributed by atoms with van der Waals surface area (Å²) in [7, 11) is 0. The molecule has 0 aliphatic rings. The average molecular weight is 247 g/mol. The first kappa shape index (κ1) is 15.4. The van der Waals surface area contributed by atoms with Crippen LogP contribution < -0.4 is 5.32 Å². The van der Waals surface area contributed by atoms with E-state index in [-0.39, 0.29) is 6.42 Å². The SMILES string of the molecule is CCOCCCC(=O)N[C@H](CC(=O)O)C(=O)O. The molecule has 3 N–H and O–H groups in total. The van der Waals surface area contributed by atoms with E-state index in [2.05, 4.69) is 5.32 Å². The molecule has 0 spiro atoms. The number of carboxylic acids is 2. The van der Waals surface area contributed by atoms with Gasteiger partial charge in [0.25, 0.3) is 0 Å². The van der Waals surface area contributed by atoms with Gasteiger partial charge in [0.05, 0.1) is 6.42 Å². The molecule has 1 amide bonds. The first-order valence-corrected chi connectivity index (χ1v) is 5.29. The summed E-state index contributed by atoms with van der Waals surface area (Å²) in [4.78, 5) is 32.3. The van der Waals surface area contributed by atoms with Crippen LogP contribution in [0.1, 0.15) is 26.2 Å². The van der Waals surface area contributed by atoms with E-state index in [1.165, 1.54) is 0 Å². The second-order valence-electron chi connectivity index (χ2n) is 3.36. The van der Waals surface area contributed by atoms with Crippen LogP contribution in [0.4, 0.5) is 0 Å². The van der Waals surface area contributed by atoms with E-state index in [1.54, 1.807) is 0 Å². The van der Waals surface area contributed by atoms with Gasteiger partial charge in [-0.25, -0.2) is 4.79 Å². The van der Waals surface area contributed by atoms with Crippen molar-refractivity contribution in [1.29, 1.82) is 0 Å². The Balaban J connectivity index is 3.96. The minimum absolute atomic E-state index is 0.114. The van der Waals surface area contributed by atoms with E-state index >= 15 is 0 Å². The van der Waals surface area contributed by atoms with Crippen molar-refractivity contribution in [1.82, 2.24) is 5.32 Å². The van der Waals surface area contributed by atoms with Gasteiger partial charge in [-0.15, -0.1) is 0 Å². The largest absolute Gasteiger partial charge is 0.481 e. The molecular weight excluding hydrogens is 230 g/mol. The monoisotopic (exact) mass is 247 g/mol. The maximum Gasteiger partial charge on any atom is 0.326 e. The molecule has 7 nitrogen and oxygen atoms in total. The fourth-order valence-electron chi connectivity index (χ4n) is 1.12. The van der Waals surface area contributed by atoms with E-state index in [9.17, 15) is 14.4 Å². The molecule has 0 aromatic heterocycles. The first-order chi connectivity index (χ1) is 7.97. The molecule has 0 saturated carbocycles. The predicted molar refractivity (Wildman–Crippen MR) is 57.5 cm³/mol. The van der Waals surface area contributed by atoms with E-state index in [1.807, 2.05) is 6.92 Å². The van der Waals surface area contributed by atoms with Crippen LogP contribution >= 0.6 is 0 Å². The summed E-state index contributed by atoms with van der Waals surface area (Å²) >= 11 is 0. The van der Waals surface area contributed by atoms with Crippen LogP contribution in [0.25, 0.3) is 0 Å². The van der Waals surface area contributed by atoms with Crippen molar-refractivity contribution in [2.24, 2.45) is 0 Å². The Kier molecular flexibility index (Phi) is 7.70. The molecule has 0 aliphatic heterocycles. The van der Waals surface area contributed by atoms with Crippen LogP contribution in [0.15, 0.2) is 0 Å². The van der Waals surface area contributed by atoms with Gasteiger partial charge < -0.3 is 20.3 Å². The van der Waals surface area contributed by atoms with Gasteiger partial charge in [-0.05, 0) is 13.3 Å². The van der Waals surface area contributed by atoms with Gasteiger partial charge in [-0.3, -0.25) is 9.59 Å². The Labute approximate surface area is 98.8 Å². The molecule has 0 rings (SSSR count). The van der Waals surface area contributed by atoms with E-state index in [0.717, 1.165) is 0 Å². The zero-order chi connectivity index (χ0) is 13.3. The molecule has 0 unspecified atom stereocenters. The van der Waals surface area contributed by atoms with E-state index in [4.69, 9.17) is 14.9 Å². The third kappa shape index (κ3) is 8.21. The van der Waals surface area contributed by atoms with Crippen molar-refractivity contribution in [2.45, 2.75) is 32.2 Å². The maximum absolute atomic E-state index is 11.3. The number of hydrogen-bond donors (Lipinski definition) is 3. The fraction of sp³-hybridized carbons (Fsp3) is 0.700. The molecule has 1 atom stereocenters. The van der Waals surface area contributed by atoms with E-state index < -0.39 is 30.3 Å². The number of rotatable bonds is 9. The molecule has 0 saturated heterocycles. The summed E-state index contributed by atoms with van der Waals surface area (Å²) < 4.78 is 5.01. The van der Waals surface area contributed by atoms with Gasteiger partial charge in [0.2, 0.25) is 5.91 Å². The van der Waals surface area contributed by atoms with Crippen molar-refractivity contribution >= 4 is 17.8 Å². The number of aliphatic carboxylic acids is 2. The first-order valence-electron chi connectivity index (χ1n) is 5.29. The number of nitrogens with one attached hydrogen (secondary N) is 1. The minimum Gasteiger partial charge on any atom is -0.481 e. The second kappa shape index (κ2) is 8.51. The maximum atomic E-state index is 11.3. The zero-order valence-corrected chi connectivity index (χ0v) is 9.64. The van der Waals surface area contributed by atoms with Crippen molar-refractivity contribution in [2.75, 3.05) is 13.2 Å². The predicted octanol–water partition coefficient (Wildman–Crippen LogP) is -0.153. The van der Waals surface area contributed by atoms with Crippen LogP contribution in [0.5, 0.6) is 0 Å². The Hall–Kier alpha value is -1.63. The van der Waals surface area contributed by atoms with E-state index in [0.29, 0.717) is 19.6 Å². The summed E-state index contributed by atoms with van der Waals surface area (Å²) in [5, 5.41) is 19.3. The summed E-state index contributed by atoms with van der Waals surface area (Å²) in [5.41, 5.74) is 0. The molecule has 98 valence electrons. The second-order valence-corrected chi connectivity index (χ2v) is 3.36. The topological polar surface area (TPSA) is 113 Å². The van der Waals surface area contributed by atoms with Gasteiger partial charge in [0.1, 0.15) is 6.04 Å². The van der Waals surface area contributed by atoms with Crippen molar-refractivity contribution in [3.05, 3.63) is 0 Å². The van der Waals surface area contributed by atoms with Crippen LogP contribution in [0.3, 0.4) is 0 Å². The lowest BCUT2D eigenvalue weighted by Gasteiger charge is -2.12. The minimum atomic E-state index is -1.38. The summed E-state index contributed by atoms with van der Waals surface area (Å²) in [6, 6.07) is -1.38. The number of carbonyl (C=O) groups is 3. The Morgan fingerprint density at radius 3 is 2.41 bits per heavy atom. The molecular formula is C10H17NO6. The highest BCUT2D eigenvalue weighted by Gasteiger charge is 2.22. The van der Waals surface area contributed by atoms with Gasteiger partial charge in [-0.2, -0.15) is 0 Å². The molecule has 0 aromatic carbocycles. The standard InChI is InChI=1S/C10H17NO6/c1-2-17-5-3-4-8(12)11-7(10(15)16)6-9(13)14/h7H,2-6H2,1H3,(H,11,12)(H,13,14)(H,15,16)/t7-/m1/s1. The molecule has 0 aromatic rings. The molecule has 17 heavy (non-hydrogen) atoms. The molecule has 0 fully saturated rings. The van der Waals surface area contributed by atoms with Crippen LogP contribution in [0.2, 0.25) is 0 Å². The Morgan fingerprint density at radius 2 is 1.94 bits per heavy atom. The third-order valence-electron chi connectivity index (χ3n) is 1.91. The number of ether oxygens (including phenoxy) is 1. The lowest BCUT2D eigenvalue weighted by Crippen LogP contribution is -2.42. The highest BCUT2D eigenvalue weighted by molar-refractivity contribution is 5.86. The average Bonchev–Trinajstić information content (AvgIpc) is 2.22. The normalized spacial score (nSPS) is 11.8. The number of carboxylic acid groups (broad SMARTS) is 2. The highest BCUT2D eigenvalue weighted by Crippen LogP contribution is 1.96. The van der Waals surface area contributed by atoms with Crippen molar-refractivity contribution in [3.8, 4) is 0 Å². The van der Waals surface area contributed by atoms with Gasteiger partial charge in [0.15, 0.2) is 0 Å². The Morgan fingerprint density at radius 1 is 1.29 bits per heavy atom. The molecule has 7 heteroatoms. The quantitative estimate of drug-likeness (QED) is 0.488. The van der Waals surface area contributed by atoms with Crippen LogP contribution in [-0.2, 0) is 19.1 Å².